The molecule has 2 heterocycles. The molecule has 0 spiro atoms. The van der Waals surface area contributed by atoms with Gasteiger partial charge in [-0.05, 0) is 24.5 Å². The number of ether oxygens (including phenoxy) is 1. The fourth-order valence-corrected chi connectivity index (χ4v) is 2.86. The van der Waals surface area contributed by atoms with Crippen LogP contribution in [0.2, 0.25) is 0 Å². The average Bonchev–Trinajstić information content (AvgIpc) is 2.91. The minimum absolute atomic E-state index is 0.155. The number of hydrogen-bond acceptors (Lipinski definition) is 3. The second-order valence-electron chi connectivity index (χ2n) is 5.31. The van der Waals surface area contributed by atoms with Crippen LogP contribution >= 0.6 is 0 Å². The molecule has 1 unspecified atom stereocenters. The zero-order chi connectivity index (χ0) is 13.2. The summed E-state index contributed by atoms with van der Waals surface area (Å²) in [5.41, 5.74) is 2.44. The van der Waals surface area contributed by atoms with Crippen molar-refractivity contribution < 1.29 is 9.53 Å². The lowest BCUT2D eigenvalue weighted by Crippen LogP contribution is -2.40. The lowest BCUT2D eigenvalue weighted by molar-refractivity contribution is -0.141. The third kappa shape index (κ3) is 2.45. The van der Waals surface area contributed by atoms with Crippen molar-refractivity contribution in [1.82, 2.24) is 4.90 Å². The summed E-state index contributed by atoms with van der Waals surface area (Å²) in [6.45, 7) is 3.05. The molecule has 0 bridgehead atoms. The van der Waals surface area contributed by atoms with Gasteiger partial charge in [-0.2, -0.15) is 0 Å². The molecule has 1 aromatic rings. The van der Waals surface area contributed by atoms with Crippen molar-refractivity contribution in [2.75, 3.05) is 31.6 Å². The molecule has 4 heteroatoms. The predicted octanol–water partition coefficient (Wildman–Crippen LogP) is 1.64. The van der Waals surface area contributed by atoms with Crippen molar-refractivity contribution in [3.05, 3.63) is 29.8 Å². The number of hydrogen-bond donors (Lipinski definition) is 0. The van der Waals surface area contributed by atoms with Crippen molar-refractivity contribution in [1.29, 1.82) is 0 Å². The van der Waals surface area contributed by atoms with E-state index >= 15 is 0 Å². The minimum atomic E-state index is -0.212. The Labute approximate surface area is 113 Å². The fraction of sp³-hybridized carbons (Fsp3) is 0.533. The van der Waals surface area contributed by atoms with E-state index in [0.29, 0.717) is 6.54 Å². The molecule has 1 atom stereocenters. The van der Waals surface area contributed by atoms with E-state index in [1.54, 1.807) is 0 Å². The maximum Gasteiger partial charge on any atom is 0.252 e. The van der Waals surface area contributed by atoms with Gasteiger partial charge in [-0.15, -0.1) is 0 Å². The predicted molar refractivity (Wildman–Crippen MR) is 74.1 cm³/mol. The minimum Gasteiger partial charge on any atom is -0.373 e. The summed E-state index contributed by atoms with van der Waals surface area (Å²) >= 11 is 0. The van der Waals surface area contributed by atoms with E-state index in [2.05, 4.69) is 24.1 Å². The normalized spacial score (nSPS) is 23.1. The fourth-order valence-electron chi connectivity index (χ4n) is 2.86. The van der Waals surface area contributed by atoms with E-state index in [1.165, 1.54) is 11.3 Å². The van der Waals surface area contributed by atoms with E-state index in [4.69, 9.17) is 4.74 Å². The SMILES string of the molecule is CN1CCN(C(=O)C2CCCO2)Cc2ccccc21. The van der Waals surface area contributed by atoms with Crippen molar-refractivity contribution in [3.63, 3.8) is 0 Å². The zero-order valence-corrected chi connectivity index (χ0v) is 11.3. The molecule has 1 saturated heterocycles. The van der Waals surface area contributed by atoms with Crippen LogP contribution in [0.15, 0.2) is 24.3 Å². The molecule has 2 aliphatic heterocycles. The molecule has 1 amide bonds. The largest absolute Gasteiger partial charge is 0.373 e. The summed E-state index contributed by atoms with van der Waals surface area (Å²) in [6, 6.07) is 8.31. The van der Waals surface area contributed by atoms with Crippen molar-refractivity contribution >= 4 is 11.6 Å². The van der Waals surface area contributed by atoms with Crippen LogP contribution in [-0.2, 0) is 16.1 Å². The van der Waals surface area contributed by atoms with Crippen LogP contribution in [0.1, 0.15) is 18.4 Å². The molecule has 4 nitrogen and oxygen atoms in total. The highest BCUT2D eigenvalue weighted by Gasteiger charge is 2.30. The van der Waals surface area contributed by atoms with Gasteiger partial charge in [0.05, 0.1) is 0 Å². The van der Waals surface area contributed by atoms with Gasteiger partial charge in [0.1, 0.15) is 6.10 Å². The topological polar surface area (TPSA) is 32.8 Å². The van der Waals surface area contributed by atoms with E-state index in [1.807, 2.05) is 17.0 Å². The van der Waals surface area contributed by atoms with Gasteiger partial charge in [-0.1, -0.05) is 18.2 Å². The Balaban J connectivity index is 1.80. The van der Waals surface area contributed by atoms with Crippen LogP contribution in [0.3, 0.4) is 0 Å². The molecular weight excluding hydrogens is 240 g/mol. The molecule has 102 valence electrons. The summed E-state index contributed by atoms with van der Waals surface area (Å²) in [5.74, 6) is 0.155. The van der Waals surface area contributed by atoms with E-state index in [9.17, 15) is 4.79 Å². The van der Waals surface area contributed by atoms with Crippen LogP contribution in [-0.4, -0.2) is 43.7 Å². The molecule has 0 radical (unpaired) electrons. The smallest absolute Gasteiger partial charge is 0.252 e. The van der Waals surface area contributed by atoms with Crippen molar-refractivity contribution in [3.8, 4) is 0 Å². The number of carbonyl (C=O) groups is 1. The standard InChI is InChI=1S/C15H20N2O2/c1-16-8-9-17(15(18)14-7-4-10-19-14)11-12-5-2-3-6-13(12)16/h2-3,5-6,14H,4,7-11H2,1H3. The number of likely N-dealkylation sites (N-methyl/N-ethyl adjacent to an activating group) is 1. The molecule has 1 fully saturated rings. The van der Waals surface area contributed by atoms with Crippen LogP contribution in [0.25, 0.3) is 0 Å². The third-order valence-electron chi connectivity index (χ3n) is 3.99. The van der Waals surface area contributed by atoms with Crippen LogP contribution in [0.4, 0.5) is 5.69 Å². The van der Waals surface area contributed by atoms with Gasteiger partial charge in [0.25, 0.3) is 5.91 Å². The van der Waals surface area contributed by atoms with Crippen LogP contribution in [0.5, 0.6) is 0 Å². The maximum absolute atomic E-state index is 12.5. The Morgan fingerprint density at radius 1 is 1.32 bits per heavy atom. The molecule has 0 aromatic heterocycles. The molecular formula is C15H20N2O2. The molecule has 0 saturated carbocycles. The van der Waals surface area contributed by atoms with E-state index in [0.717, 1.165) is 32.5 Å². The van der Waals surface area contributed by atoms with Gasteiger partial charge in [0.15, 0.2) is 0 Å². The Bertz CT molecular complexity index is 469. The first kappa shape index (κ1) is 12.5. The molecule has 1 aromatic carbocycles. The highest BCUT2D eigenvalue weighted by atomic mass is 16.5. The highest BCUT2D eigenvalue weighted by Crippen LogP contribution is 2.25. The number of carbonyl (C=O) groups excluding carboxylic acids is 1. The summed E-state index contributed by atoms with van der Waals surface area (Å²) in [6.07, 6.45) is 1.66. The quantitative estimate of drug-likeness (QED) is 0.769. The Morgan fingerprint density at radius 3 is 2.95 bits per heavy atom. The zero-order valence-electron chi connectivity index (χ0n) is 11.3. The van der Waals surface area contributed by atoms with Crippen molar-refractivity contribution in [2.24, 2.45) is 0 Å². The highest BCUT2D eigenvalue weighted by molar-refractivity contribution is 5.81. The number of amides is 1. The van der Waals surface area contributed by atoms with Crippen LogP contribution < -0.4 is 4.90 Å². The number of nitrogens with zero attached hydrogens (tertiary/aromatic N) is 2. The van der Waals surface area contributed by atoms with Gasteiger partial charge < -0.3 is 14.5 Å². The number of fused-ring (bicyclic) bond motifs is 1. The van der Waals surface area contributed by atoms with Gasteiger partial charge in [0.2, 0.25) is 0 Å². The van der Waals surface area contributed by atoms with Gasteiger partial charge in [-0.3, -0.25) is 4.79 Å². The number of rotatable bonds is 1. The van der Waals surface area contributed by atoms with Gasteiger partial charge >= 0.3 is 0 Å². The second-order valence-corrected chi connectivity index (χ2v) is 5.31. The molecule has 3 rings (SSSR count). The Hall–Kier alpha value is -1.55. The van der Waals surface area contributed by atoms with E-state index < -0.39 is 0 Å². The van der Waals surface area contributed by atoms with Crippen molar-refractivity contribution in [2.45, 2.75) is 25.5 Å². The first-order chi connectivity index (χ1) is 9.25. The summed E-state index contributed by atoms with van der Waals surface area (Å²) in [7, 11) is 2.08. The first-order valence-corrected chi connectivity index (χ1v) is 6.95. The molecule has 2 aliphatic rings. The second kappa shape index (κ2) is 5.21. The van der Waals surface area contributed by atoms with Gasteiger partial charge in [-0.25, -0.2) is 0 Å². The first-order valence-electron chi connectivity index (χ1n) is 6.95. The summed E-state index contributed by atoms with van der Waals surface area (Å²) < 4.78 is 5.52. The third-order valence-corrected chi connectivity index (χ3v) is 3.99. The molecule has 19 heavy (non-hydrogen) atoms. The number of anilines is 1. The Kier molecular flexibility index (Phi) is 3.42. The van der Waals surface area contributed by atoms with Gasteiger partial charge in [0, 0.05) is 39.0 Å². The van der Waals surface area contributed by atoms with Crippen LogP contribution in [0, 0.1) is 0 Å². The van der Waals surface area contributed by atoms with E-state index in [-0.39, 0.29) is 12.0 Å². The molecule has 0 N–H and O–H groups in total. The monoisotopic (exact) mass is 260 g/mol. The summed E-state index contributed by atoms with van der Waals surface area (Å²) in [5, 5.41) is 0. The lowest BCUT2D eigenvalue weighted by atomic mass is 10.1. The number of para-hydroxylation sites is 1. The number of benzene rings is 1. The summed E-state index contributed by atoms with van der Waals surface area (Å²) in [4.78, 5) is 16.6. The lowest BCUT2D eigenvalue weighted by Gasteiger charge is -2.23. The average molecular weight is 260 g/mol. The Morgan fingerprint density at radius 2 is 2.16 bits per heavy atom. The maximum atomic E-state index is 12.5. The molecule has 0 aliphatic carbocycles.